The summed E-state index contributed by atoms with van der Waals surface area (Å²) in [5.41, 5.74) is 2.12. The number of fused-ring (bicyclic) bond motifs is 5. The molecule has 0 aromatic heterocycles. The number of rotatable bonds is 5. The van der Waals surface area contributed by atoms with Gasteiger partial charge in [0.25, 0.3) is 0 Å². The first-order chi connectivity index (χ1) is 16.0. The number of benzene rings is 1. The Labute approximate surface area is 208 Å². The summed E-state index contributed by atoms with van der Waals surface area (Å²) >= 11 is 0. The van der Waals surface area contributed by atoms with Gasteiger partial charge in [-0.3, -0.25) is 0 Å². The Balaban J connectivity index is 1.29. The van der Waals surface area contributed by atoms with Crippen molar-refractivity contribution >= 4 is 0 Å². The quantitative estimate of drug-likeness (QED) is 0.440. The molecule has 0 radical (unpaired) electrons. The summed E-state index contributed by atoms with van der Waals surface area (Å²) in [6.07, 6.45) is 14.2. The van der Waals surface area contributed by atoms with Gasteiger partial charge in [-0.25, -0.2) is 0 Å². The summed E-state index contributed by atoms with van der Waals surface area (Å²) in [7, 11) is 0. The first-order valence-corrected chi connectivity index (χ1v) is 14.2. The zero-order chi connectivity index (χ0) is 24.4. The van der Waals surface area contributed by atoms with Gasteiger partial charge in [-0.1, -0.05) is 62.8 Å². The van der Waals surface area contributed by atoms with Crippen molar-refractivity contribution < 1.29 is 10.2 Å². The van der Waals surface area contributed by atoms with Crippen molar-refractivity contribution in [3.05, 3.63) is 47.5 Å². The van der Waals surface area contributed by atoms with E-state index in [0.29, 0.717) is 16.7 Å². The molecule has 3 saturated carbocycles. The molecule has 4 aliphatic carbocycles. The molecule has 2 heteroatoms. The van der Waals surface area contributed by atoms with Crippen LogP contribution >= 0.6 is 0 Å². The molecule has 0 spiro atoms. The van der Waals surface area contributed by atoms with Gasteiger partial charge in [0.15, 0.2) is 0 Å². The molecule has 9 atom stereocenters. The Morgan fingerprint density at radius 1 is 1.00 bits per heavy atom. The first kappa shape index (κ1) is 24.6. The Morgan fingerprint density at radius 2 is 1.74 bits per heavy atom. The zero-order valence-electron chi connectivity index (χ0n) is 22.3. The normalized spacial score (nSPS) is 44.3. The third kappa shape index (κ3) is 4.01. The minimum atomic E-state index is -0.743. The Hall–Kier alpha value is -1.12. The lowest BCUT2D eigenvalue weighted by Crippen LogP contribution is -2.52. The highest BCUT2D eigenvalue weighted by Gasteiger charge is 2.59. The van der Waals surface area contributed by atoms with Crippen LogP contribution in [0, 0.1) is 40.4 Å². The van der Waals surface area contributed by atoms with E-state index in [2.05, 4.69) is 39.0 Å². The van der Waals surface area contributed by atoms with Gasteiger partial charge in [-0.2, -0.15) is 0 Å². The fourth-order valence-corrected chi connectivity index (χ4v) is 9.43. The predicted molar refractivity (Wildman–Crippen MR) is 140 cm³/mol. The molecular weight excluding hydrogens is 416 g/mol. The molecule has 0 heterocycles. The maximum atomic E-state index is 11.2. The topological polar surface area (TPSA) is 40.5 Å². The highest BCUT2D eigenvalue weighted by atomic mass is 16.3. The van der Waals surface area contributed by atoms with E-state index in [1.807, 2.05) is 32.0 Å². The van der Waals surface area contributed by atoms with Gasteiger partial charge in [0.2, 0.25) is 0 Å². The molecule has 1 aromatic carbocycles. The van der Waals surface area contributed by atoms with Crippen LogP contribution < -0.4 is 0 Å². The zero-order valence-corrected chi connectivity index (χ0v) is 22.3. The summed E-state index contributed by atoms with van der Waals surface area (Å²) < 4.78 is 0. The van der Waals surface area contributed by atoms with Crippen LogP contribution in [0.25, 0.3) is 0 Å². The molecule has 34 heavy (non-hydrogen) atoms. The van der Waals surface area contributed by atoms with E-state index in [-0.39, 0.29) is 0 Å². The third-order valence-corrected chi connectivity index (χ3v) is 11.6. The van der Waals surface area contributed by atoms with E-state index in [9.17, 15) is 10.2 Å². The third-order valence-electron chi connectivity index (χ3n) is 11.6. The summed E-state index contributed by atoms with van der Waals surface area (Å²) in [6.45, 7) is 11.7. The largest absolute Gasteiger partial charge is 0.390 e. The van der Waals surface area contributed by atoms with Crippen LogP contribution in [0.2, 0.25) is 0 Å². The van der Waals surface area contributed by atoms with Crippen LogP contribution in [-0.2, 0) is 5.60 Å². The second-order valence-electron chi connectivity index (χ2n) is 13.8. The Morgan fingerprint density at radius 3 is 2.47 bits per heavy atom. The SMILES string of the molecule is C[C@H](CC[C@](C)(O)c1ccccc1)[C@H]1CC[C@H]2[C@@H]3CC=C4C[C@@](C)(O)CC[C@]4(C)[C@H]3CC[C@]12C. The van der Waals surface area contributed by atoms with E-state index in [1.165, 1.54) is 32.1 Å². The van der Waals surface area contributed by atoms with Gasteiger partial charge in [-0.05, 0) is 124 Å². The minimum absolute atomic E-state index is 0.310. The van der Waals surface area contributed by atoms with E-state index in [4.69, 9.17) is 0 Å². The lowest BCUT2D eigenvalue weighted by atomic mass is 9.46. The highest BCUT2D eigenvalue weighted by Crippen LogP contribution is 2.67. The number of aliphatic hydroxyl groups is 2. The molecule has 1 aromatic rings. The van der Waals surface area contributed by atoms with Gasteiger partial charge in [0, 0.05) is 0 Å². The van der Waals surface area contributed by atoms with E-state index < -0.39 is 11.2 Å². The number of allylic oxidation sites excluding steroid dienone is 1. The average Bonchev–Trinajstić information content (AvgIpc) is 3.16. The van der Waals surface area contributed by atoms with Crippen molar-refractivity contribution in [2.24, 2.45) is 40.4 Å². The monoisotopic (exact) mass is 464 g/mol. The van der Waals surface area contributed by atoms with Crippen LogP contribution in [-0.4, -0.2) is 15.8 Å². The fourth-order valence-electron chi connectivity index (χ4n) is 9.43. The van der Waals surface area contributed by atoms with Crippen molar-refractivity contribution in [2.45, 2.75) is 110 Å². The highest BCUT2D eigenvalue weighted by molar-refractivity contribution is 5.27. The van der Waals surface area contributed by atoms with Gasteiger partial charge in [0.05, 0.1) is 11.2 Å². The maximum Gasteiger partial charge on any atom is 0.0868 e. The molecular formula is C32H48O2. The lowest BCUT2D eigenvalue weighted by molar-refractivity contribution is -0.0715. The maximum absolute atomic E-state index is 11.2. The molecule has 0 bridgehead atoms. The van der Waals surface area contributed by atoms with Crippen LogP contribution in [0.15, 0.2) is 42.0 Å². The smallest absolute Gasteiger partial charge is 0.0868 e. The molecule has 0 aliphatic heterocycles. The average molecular weight is 465 g/mol. The van der Waals surface area contributed by atoms with E-state index >= 15 is 0 Å². The summed E-state index contributed by atoms with van der Waals surface area (Å²) in [5, 5.41) is 21.9. The molecule has 4 aliphatic rings. The van der Waals surface area contributed by atoms with Crippen LogP contribution in [0.1, 0.15) is 104 Å². The van der Waals surface area contributed by atoms with Crippen molar-refractivity contribution in [3.63, 3.8) is 0 Å². The minimum Gasteiger partial charge on any atom is -0.390 e. The first-order valence-electron chi connectivity index (χ1n) is 14.2. The van der Waals surface area contributed by atoms with E-state index in [0.717, 1.165) is 61.3 Å². The molecule has 0 saturated heterocycles. The summed E-state index contributed by atoms with van der Waals surface area (Å²) in [4.78, 5) is 0. The number of hydrogen-bond donors (Lipinski definition) is 2. The lowest BCUT2D eigenvalue weighted by Gasteiger charge is -2.59. The standard InChI is InChI=1S/C32H48O2/c1-22(15-18-32(5,34)23-9-7-6-8-10-23)26-13-14-27-25-12-11-24-21-29(2,33)19-20-30(24,3)28(25)16-17-31(26,27)4/h6-11,22,25-28,33-34H,12-21H2,1-5H3/t22-,25+,26-,27+,28+,29+,30+,31-,32+/m1/s1. The van der Waals surface area contributed by atoms with Gasteiger partial charge in [-0.15, -0.1) is 0 Å². The van der Waals surface area contributed by atoms with Crippen molar-refractivity contribution in [1.29, 1.82) is 0 Å². The molecule has 2 N–H and O–H groups in total. The second-order valence-corrected chi connectivity index (χ2v) is 13.8. The summed E-state index contributed by atoms with van der Waals surface area (Å²) in [6, 6.07) is 10.2. The van der Waals surface area contributed by atoms with Crippen LogP contribution in [0.3, 0.4) is 0 Å². The van der Waals surface area contributed by atoms with Crippen LogP contribution in [0.4, 0.5) is 0 Å². The number of hydrogen-bond acceptors (Lipinski definition) is 2. The second kappa shape index (κ2) is 8.48. The summed E-state index contributed by atoms with van der Waals surface area (Å²) in [5.74, 6) is 3.88. The molecule has 5 rings (SSSR count). The van der Waals surface area contributed by atoms with Crippen molar-refractivity contribution in [2.75, 3.05) is 0 Å². The van der Waals surface area contributed by atoms with Gasteiger partial charge in [0.1, 0.15) is 0 Å². The fraction of sp³-hybridized carbons (Fsp3) is 0.750. The molecule has 0 unspecified atom stereocenters. The van der Waals surface area contributed by atoms with Gasteiger partial charge < -0.3 is 10.2 Å². The predicted octanol–water partition coefficient (Wildman–Crippen LogP) is 7.64. The molecule has 0 amide bonds. The van der Waals surface area contributed by atoms with Crippen molar-refractivity contribution in [1.82, 2.24) is 0 Å². The van der Waals surface area contributed by atoms with E-state index in [1.54, 1.807) is 5.57 Å². The Bertz CT molecular complexity index is 914. The van der Waals surface area contributed by atoms with Gasteiger partial charge >= 0.3 is 0 Å². The van der Waals surface area contributed by atoms with Crippen LogP contribution in [0.5, 0.6) is 0 Å². The molecule has 2 nitrogen and oxygen atoms in total. The Kier molecular flexibility index (Phi) is 6.13. The van der Waals surface area contributed by atoms with Crippen molar-refractivity contribution in [3.8, 4) is 0 Å². The molecule has 188 valence electrons. The molecule has 3 fully saturated rings.